The van der Waals surface area contributed by atoms with Gasteiger partial charge >= 0.3 is 5.97 Å². The number of esters is 1. The molecule has 0 aliphatic carbocycles. The van der Waals surface area contributed by atoms with E-state index in [1.54, 1.807) is 42.5 Å². The van der Waals surface area contributed by atoms with Crippen molar-refractivity contribution in [3.05, 3.63) is 59.7 Å². The molecule has 0 aromatic heterocycles. The lowest BCUT2D eigenvalue weighted by molar-refractivity contribution is -0.142. The molecule has 0 saturated carbocycles. The van der Waals surface area contributed by atoms with E-state index in [2.05, 4.69) is 5.32 Å². The third-order valence-corrected chi connectivity index (χ3v) is 3.75. The number of anilines is 1. The first-order valence-corrected chi connectivity index (χ1v) is 8.41. The highest BCUT2D eigenvalue weighted by Gasteiger charge is 2.09. The molecule has 0 unspecified atom stereocenters. The van der Waals surface area contributed by atoms with Gasteiger partial charge in [0.2, 0.25) is 0 Å². The molecule has 0 spiro atoms. The molecule has 2 aromatic carbocycles. The van der Waals surface area contributed by atoms with E-state index in [9.17, 15) is 14.4 Å². The summed E-state index contributed by atoms with van der Waals surface area (Å²) in [6.45, 7) is 1.02. The van der Waals surface area contributed by atoms with E-state index in [1.807, 2.05) is 0 Å². The molecule has 0 aliphatic rings. The molecule has 146 valence electrons. The molecule has 0 bridgehead atoms. The lowest BCUT2D eigenvalue weighted by atomic mass is 10.1. The number of nitrogens with one attached hydrogen (secondary N) is 1. The number of benzene rings is 2. The van der Waals surface area contributed by atoms with Crippen LogP contribution in [0, 0.1) is 0 Å². The molecule has 0 radical (unpaired) electrons. The van der Waals surface area contributed by atoms with Gasteiger partial charge in [0.25, 0.3) is 5.91 Å². The smallest absolute Gasteiger partial charge is 0.331 e. The number of hydrogen-bond acceptors (Lipinski definition) is 6. The molecule has 0 atom stereocenters. The Hall–Kier alpha value is -3.61. The van der Waals surface area contributed by atoms with E-state index in [1.165, 1.54) is 33.3 Å². The summed E-state index contributed by atoms with van der Waals surface area (Å²) in [6, 6.07) is 11.7. The van der Waals surface area contributed by atoms with Crippen LogP contribution in [0.3, 0.4) is 0 Å². The van der Waals surface area contributed by atoms with Gasteiger partial charge in [-0.15, -0.1) is 0 Å². The Morgan fingerprint density at radius 2 is 1.71 bits per heavy atom. The van der Waals surface area contributed by atoms with Gasteiger partial charge in [0.1, 0.15) is 0 Å². The molecular formula is C21H21NO6. The highest BCUT2D eigenvalue weighted by atomic mass is 16.5. The summed E-state index contributed by atoms with van der Waals surface area (Å²) in [7, 11) is 3.02. The van der Waals surface area contributed by atoms with Crippen LogP contribution in [0.5, 0.6) is 11.5 Å². The summed E-state index contributed by atoms with van der Waals surface area (Å²) >= 11 is 0. The number of ketones is 1. The Morgan fingerprint density at radius 1 is 1.00 bits per heavy atom. The van der Waals surface area contributed by atoms with E-state index < -0.39 is 18.5 Å². The van der Waals surface area contributed by atoms with Gasteiger partial charge < -0.3 is 19.5 Å². The maximum atomic E-state index is 11.9. The molecule has 2 aromatic rings. The zero-order valence-corrected chi connectivity index (χ0v) is 15.9. The molecule has 1 amide bonds. The van der Waals surface area contributed by atoms with Gasteiger partial charge in [0.15, 0.2) is 23.9 Å². The van der Waals surface area contributed by atoms with Gasteiger partial charge in [-0.05, 0) is 43.3 Å². The van der Waals surface area contributed by atoms with E-state index in [-0.39, 0.29) is 5.78 Å². The van der Waals surface area contributed by atoms with E-state index in [4.69, 9.17) is 14.2 Å². The number of carbonyl (C=O) groups excluding carboxylic acids is 3. The van der Waals surface area contributed by atoms with Crippen molar-refractivity contribution < 1.29 is 28.6 Å². The number of hydrogen-bond donors (Lipinski definition) is 1. The number of amides is 1. The van der Waals surface area contributed by atoms with Crippen molar-refractivity contribution in [1.29, 1.82) is 0 Å². The number of para-hydroxylation sites is 1. The van der Waals surface area contributed by atoms with Crippen LogP contribution in [0.4, 0.5) is 5.69 Å². The fraction of sp³-hybridized carbons (Fsp3) is 0.190. The molecule has 28 heavy (non-hydrogen) atoms. The zero-order valence-electron chi connectivity index (χ0n) is 15.9. The summed E-state index contributed by atoms with van der Waals surface area (Å²) in [5, 5.41) is 2.58. The highest BCUT2D eigenvalue weighted by Crippen LogP contribution is 2.31. The van der Waals surface area contributed by atoms with Gasteiger partial charge in [-0.2, -0.15) is 0 Å². The predicted octanol–water partition coefficient (Wildman–Crippen LogP) is 3.10. The van der Waals surface area contributed by atoms with Crippen molar-refractivity contribution in [3.8, 4) is 11.5 Å². The lowest BCUT2D eigenvalue weighted by Gasteiger charge is -2.09. The van der Waals surface area contributed by atoms with E-state index in [0.717, 1.165) is 0 Å². The minimum atomic E-state index is -0.674. The molecule has 0 aliphatic heterocycles. The van der Waals surface area contributed by atoms with Crippen LogP contribution < -0.4 is 14.8 Å². The molecule has 2 rings (SSSR count). The minimum Gasteiger partial charge on any atom is -0.493 e. The third-order valence-electron chi connectivity index (χ3n) is 3.75. The van der Waals surface area contributed by atoms with E-state index >= 15 is 0 Å². The number of rotatable bonds is 8. The summed E-state index contributed by atoms with van der Waals surface area (Å²) in [5.41, 5.74) is 1.68. The van der Waals surface area contributed by atoms with Crippen LogP contribution in [0.2, 0.25) is 0 Å². The maximum Gasteiger partial charge on any atom is 0.331 e. The first kappa shape index (κ1) is 20.7. The van der Waals surface area contributed by atoms with Gasteiger partial charge in [0.05, 0.1) is 14.2 Å². The number of carbonyl (C=O) groups is 3. The lowest BCUT2D eigenvalue weighted by Crippen LogP contribution is -2.20. The molecule has 0 fully saturated rings. The van der Waals surface area contributed by atoms with Gasteiger partial charge in [-0.25, -0.2) is 4.79 Å². The average molecular weight is 383 g/mol. The normalized spacial score (nSPS) is 10.4. The number of Topliss-reactive ketones (excluding diaryl/α,β-unsaturated/α-hetero) is 1. The third kappa shape index (κ3) is 5.70. The molecule has 7 nitrogen and oxygen atoms in total. The minimum absolute atomic E-state index is 0.0636. The van der Waals surface area contributed by atoms with Crippen molar-refractivity contribution >= 4 is 29.4 Å². The standard InChI is InChI=1S/C21H21NO6/c1-14(23)15-7-10-17(11-8-15)22-19(24)13-28-20(25)12-9-16-5-4-6-18(26-2)21(16)27-3/h4-12H,13H2,1-3H3,(H,22,24)/b12-9+. The molecule has 0 heterocycles. The Kier molecular flexibility index (Phi) is 7.33. The van der Waals surface area contributed by atoms with Crippen LogP contribution in [-0.2, 0) is 14.3 Å². The fourth-order valence-electron chi connectivity index (χ4n) is 2.37. The fourth-order valence-corrected chi connectivity index (χ4v) is 2.37. The van der Waals surface area contributed by atoms with Crippen LogP contribution >= 0.6 is 0 Å². The second-order valence-corrected chi connectivity index (χ2v) is 5.71. The highest BCUT2D eigenvalue weighted by molar-refractivity contribution is 5.96. The van der Waals surface area contributed by atoms with Crippen molar-refractivity contribution in [1.82, 2.24) is 0 Å². The summed E-state index contributed by atoms with van der Waals surface area (Å²) < 4.78 is 15.4. The van der Waals surface area contributed by atoms with Crippen molar-refractivity contribution in [3.63, 3.8) is 0 Å². The van der Waals surface area contributed by atoms with Crippen LogP contribution in [-0.4, -0.2) is 38.5 Å². The molecule has 7 heteroatoms. The quantitative estimate of drug-likeness (QED) is 0.428. The molecular weight excluding hydrogens is 362 g/mol. The number of methoxy groups -OCH3 is 2. The van der Waals surface area contributed by atoms with Crippen molar-refractivity contribution in [2.45, 2.75) is 6.92 Å². The SMILES string of the molecule is COc1cccc(/C=C/C(=O)OCC(=O)Nc2ccc(C(C)=O)cc2)c1OC. The zero-order chi connectivity index (χ0) is 20.5. The molecule has 1 N–H and O–H groups in total. The molecule has 0 saturated heterocycles. The van der Waals surface area contributed by atoms with Crippen molar-refractivity contribution in [2.75, 3.05) is 26.1 Å². The summed E-state index contributed by atoms with van der Waals surface area (Å²) in [6.07, 6.45) is 2.72. The second-order valence-electron chi connectivity index (χ2n) is 5.71. The monoisotopic (exact) mass is 383 g/mol. The Bertz CT molecular complexity index is 886. The first-order valence-electron chi connectivity index (χ1n) is 8.41. The van der Waals surface area contributed by atoms with Crippen LogP contribution in [0.15, 0.2) is 48.5 Å². The second kappa shape index (κ2) is 9.91. The Balaban J connectivity index is 1.89. The largest absolute Gasteiger partial charge is 0.493 e. The number of ether oxygens (including phenoxy) is 3. The summed E-state index contributed by atoms with van der Waals surface area (Å²) in [5.74, 6) is -0.205. The van der Waals surface area contributed by atoms with Gasteiger partial charge in [-0.3, -0.25) is 9.59 Å². The van der Waals surface area contributed by atoms with Gasteiger partial charge in [-0.1, -0.05) is 12.1 Å². The maximum absolute atomic E-state index is 11.9. The van der Waals surface area contributed by atoms with Crippen LogP contribution in [0.25, 0.3) is 6.08 Å². The van der Waals surface area contributed by atoms with Crippen molar-refractivity contribution in [2.24, 2.45) is 0 Å². The van der Waals surface area contributed by atoms with Crippen LogP contribution in [0.1, 0.15) is 22.8 Å². The average Bonchev–Trinajstić information content (AvgIpc) is 2.70. The van der Waals surface area contributed by atoms with E-state index in [0.29, 0.717) is 28.3 Å². The Morgan fingerprint density at radius 3 is 2.32 bits per heavy atom. The topological polar surface area (TPSA) is 90.9 Å². The first-order chi connectivity index (χ1) is 13.4. The van der Waals surface area contributed by atoms with Gasteiger partial charge in [0, 0.05) is 22.9 Å². The Labute approximate surface area is 162 Å². The predicted molar refractivity (Wildman–Crippen MR) is 105 cm³/mol. The summed E-state index contributed by atoms with van der Waals surface area (Å²) in [4.78, 5) is 35.0.